The van der Waals surface area contributed by atoms with Crippen LogP contribution >= 0.6 is 0 Å². The Morgan fingerprint density at radius 3 is 2.55 bits per heavy atom. The Balaban J connectivity index is 1.54. The van der Waals surface area contributed by atoms with Crippen LogP contribution in [0.4, 0.5) is 8.78 Å². The fourth-order valence-corrected chi connectivity index (χ4v) is 4.80. The number of carbonyl (C=O) groups is 1. The summed E-state index contributed by atoms with van der Waals surface area (Å²) < 4.78 is 36.1. The number of nitrogens with zero attached hydrogens (tertiary/aromatic N) is 1. The van der Waals surface area contributed by atoms with E-state index in [1.54, 1.807) is 24.3 Å². The highest BCUT2D eigenvalue weighted by atomic mass is 19.3. The lowest BCUT2D eigenvalue weighted by Crippen LogP contribution is -2.34. The number of ether oxygens (including phenoxy) is 2. The monoisotopic (exact) mass is 456 g/mol. The number of benzene rings is 2. The van der Waals surface area contributed by atoms with E-state index in [2.05, 4.69) is 5.32 Å². The van der Waals surface area contributed by atoms with Gasteiger partial charge in [-0.2, -0.15) is 8.78 Å². The van der Waals surface area contributed by atoms with Gasteiger partial charge < -0.3 is 19.9 Å². The van der Waals surface area contributed by atoms with Crippen LogP contribution in [0, 0.1) is 0 Å². The van der Waals surface area contributed by atoms with Gasteiger partial charge in [0.25, 0.3) is 5.91 Å². The Kier molecular flexibility index (Phi) is 5.78. The zero-order valence-electron chi connectivity index (χ0n) is 18.3. The second-order valence-electron chi connectivity index (χ2n) is 8.91. The predicted octanol–water partition coefficient (Wildman–Crippen LogP) is 4.04. The normalized spacial score (nSPS) is 23.9. The zero-order valence-corrected chi connectivity index (χ0v) is 18.3. The van der Waals surface area contributed by atoms with E-state index in [1.807, 2.05) is 12.1 Å². The Morgan fingerprint density at radius 2 is 1.88 bits per heavy atom. The molecule has 2 aromatic carbocycles. The van der Waals surface area contributed by atoms with Gasteiger partial charge in [-0.25, -0.2) is 0 Å². The van der Waals surface area contributed by atoms with Crippen molar-refractivity contribution in [1.29, 1.82) is 0 Å². The zero-order chi connectivity index (χ0) is 23.1. The van der Waals surface area contributed by atoms with Crippen molar-refractivity contribution in [3.63, 3.8) is 0 Å². The minimum Gasteiger partial charge on any atom is -0.493 e. The molecule has 1 aliphatic heterocycles. The number of aliphatic hydroxyl groups is 1. The third-order valence-corrected chi connectivity index (χ3v) is 6.62. The summed E-state index contributed by atoms with van der Waals surface area (Å²) in [4.78, 5) is 17.4. The average molecular weight is 456 g/mol. The van der Waals surface area contributed by atoms with E-state index in [-0.39, 0.29) is 35.4 Å². The number of fused-ring (bicyclic) bond motifs is 3. The molecule has 0 spiro atoms. The summed E-state index contributed by atoms with van der Waals surface area (Å²) in [5.41, 5.74) is 3.71. The predicted molar refractivity (Wildman–Crippen MR) is 119 cm³/mol. The maximum Gasteiger partial charge on any atom is 0.387 e. The van der Waals surface area contributed by atoms with Gasteiger partial charge in [0.1, 0.15) is 0 Å². The molecule has 6 nitrogen and oxygen atoms in total. The first kappa shape index (κ1) is 21.8. The highest BCUT2D eigenvalue weighted by Crippen LogP contribution is 2.45. The molecule has 1 amide bonds. The molecular weight excluding hydrogens is 430 g/mol. The van der Waals surface area contributed by atoms with Gasteiger partial charge in [0, 0.05) is 28.7 Å². The molecule has 2 aliphatic carbocycles. The number of halogens is 2. The summed E-state index contributed by atoms with van der Waals surface area (Å²) in [5, 5.41) is 13.2. The van der Waals surface area contributed by atoms with E-state index < -0.39 is 12.7 Å². The van der Waals surface area contributed by atoms with Crippen LogP contribution in [0.1, 0.15) is 65.1 Å². The van der Waals surface area contributed by atoms with Crippen LogP contribution in [0.25, 0.3) is 0 Å². The van der Waals surface area contributed by atoms with Crippen molar-refractivity contribution in [1.82, 2.24) is 5.32 Å². The molecule has 2 fully saturated rings. The van der Waals surface area contributed by atoms with Gasteiger partial charge in [0.2, 0.25) is 0 Å². The molecule has 3 atom stereocenters. The molecular formula is C25H26F2N2O4. The van der Waals surface area contributed by atoms with Gasteiger partial charge in [-0.1, -0.05) is 12.1 Å². The van der Waals surface area contributed by atoms with Crippen molar-refractivity contribution in [2.75, 3.05) is 7.11 Å². The molecule has 0 bridgehead atoms. The van der Waals surface area contributed by atoms with Gasteiger partial charge >= 0.3 is 6.61 Å². The second kappa shape index (κ2) is 8.74. The number of hydrogen-bond acceptors (Lipinski definition) is 5. The number of hydrogen-bond donors (Lipinski definition) is 2. The minimum atomic E-state index is -2.98. The molecule has 2 saturated carbocycles. The lowest BCUT2D eigenvalue weighted by atomic mass is 9.74. The Labute approximate surface area is 190 Å². The average Bonchev–Trinajstić information content (AvgIpc) is 3.62. The summed E-state index contributed by atoms with van der Waals surface area (Å²) in [7, 11) is 1.40. The lowest BCUT2D eigenvalue weighted by molar-refractivity contribution is -0.0513. The molecule has 3 aliphatic rings. The molecule has 3 unspecified atom stereocenters. The van der Waals surface area contributed by atoms with Crippen molar-refractivity contribution in [2.45, 2.75) is 62.8 Å². The minimum absolute atomic E-state index is 0.0293. The summed E-state index contributed by atoms with van der Waals surface area (Å²) >= 11 is 0. The number of aliphatic imine (C=N–C) groups is 1. The molecule has 0 saturated heterocycles. The van der Waals surface area contributed by atoms with E-state index in [0.717, 1.165) is 35.2 Å². The second-order valence-corrected chi connectivity index (χ2v) is 8.91. The number of aliphatic hydroxyl groups excluding tert-OH is 1. The van der Waals surface area contributed by atoms with Gasteiger partial charge in [-0.05, 0) is 61.9 Å². The molecule has 1 heterocycles. The third-order valence-electron chi connectivity index (χ3n) is 6.62. The number of nitrogens with one attached hydrogen (secondary N) is 1. The number of alkyl halides is 2. The van der Waals surface area contributed by atoms with Crippen LogP contribution in [0.15, 0.2) is 41.4 Å². The van der Waals surface area contributed by atoms with Gasteiger partial charge in [-0.3, -0.25) is 9.79 Å². The number of amides is 1. The molecule has 5 rings (SSSR count). The number of rotatable bonds is 6. The maximum absolute atomic E-state index is 13.0. The van der Waals surface area contributed by atoms with Crippen LogP contribution in [-0.2, 0) is 0 Å². The van der Waals surface area contributed by atoms with E-state index in [4.69, 9.17) is 14.5 Å². The third kappa shape index (κ3) is 4.44. The maximum atomic E-state index is 13.0. The van der Waals surface area contributed by atoms with Crippen LogP contribution in [0.5, 0.6) is 11.5 Å². The van der Waals surface area contributed by atoms with Crippen molar-refractivity contribution in [3.8, 4) is 11.5 Å². The first-order valence-electron chi connectivity index (χ1n) is 11.3. The summed E-state index contributed by atoms with van der Waals surface area (Å²) in [6.07, 6.45) is 3.44. The largest absolute Gasteiger partial charge is 0.493 e. The van der Waals surface area contributed by atoms with Gasteiger partial charge in [0.05, 0.1) is 25.0 Å². The van der Waals surface area contributed by atoms with Crippen LogP contribution in [0.3, 0.4) is 0 Å². The SMILES string of the molecule is COc1cc2c(cc1OC(F)F)C1CC(O)CCC1N=C2c1ccc(C(=O)NC2CC2)cc1. The Hall–Kier alpha value is -3.00. The highest BCUT2D eigenvalue weighted by molar-refractivity contribution is 6.15. The summed E-state index contributed by atoms with van der Waals surface area (Å²) in [6.45, 7) is -2.98. The van der Waals surface area contributed by atoms with E-state index in [0.29, 0.717) is 24.8 Å². The molecule has 2 aromatic rings. The fraction of sp³-hybridized carbons (Fsp3) is 0.440. The first-order chi connectivity index (χ1) is 15.9. The van der Waals surface area contributed by atoms with E-state index >= 15 is 0 Å². The standard InChI is InChI=1S/C25H26F2N2O4/c1-32-21-12-19-17(11-22(21)33-25(26)27)18-10-16(30)8-9-20(18)29-23(19)13-2-4-14(5-3-13)24(31)28-15-6-7-15/h2-5,11-12,15-16,18,20,25,30H,6-10H2,1H3,(H,28,31). The van der Waals surface area contributed by atoms with Crippen molar-refractivity contribution >= 4 is 11.6 Å². The van der Waals surface area contributed by atoms with Crippen LogP contribution < -0.4 is 14.8 Å². The van der Waals surface area contributed by atoms with Gasteiger partial charge in [0.15, 0.2) is 11.5 Å². The Bertz CT molecular complexity index is 1080. The summed E-state index contributed by atoms with van der Waals surface area (Å²) in [5.74, 6) is -0.0238. The van der Waals surface area contributed by atoms with Crippen molar-refractivity contribution in [3.05, 3.63) is 58.7 Å². The number of methoxy groups -OCH3 is 1. The molecule has 174 valence electrons. The quantitative estimate of drug-likeness (QED) is 0.688. The first-order valence-corrected chi connectivity index (χ1v) is 11.3. The van der Waals surface area contributed by atoms with Crippen LogP contribution in [-0.4, -0.2) is 48.6 Å². The fourth-order valence-electron chi connectivity index (χ4n) is 4.80. The highest BCUT2D eigenvalue weighted by Gasteiger charge is 2.37. The molecule has 33 heavy (non-hydrogen) atoms. The lowest BCUT2D eigenvalue weighted by Gasteiger charge is -2.37. The number of carbonyl (C=O) groups excluding carboxylic acids is 1. The summed E-state index contributed by atoms with van der Waals surface area (Å²) in [6, 6.07) is 10.8. The van der Waals surface area contributed by atoms with E-state index in [1.165, 1.54) is 7.11 Å². The Morgan fingerprint density at radius 1 is 1.12 bits per heavy atom. The smallest absolute Gasteiger partial charge is 0.387 e. The van der Waals surface area contributed by atoms with E-state index in [9.17, 15) is 18.7 Å². The van der Waals surface area contributed by atoms with Crippen molar-refractivity contribution < 1.29 is 28.2 Å². The molecule has 0 aromatic heterocycles. The topological polar surface area (TPSA) is 80.2 Å². The van der Waals surface area contributed by atoms with Crippen LogP contribution in [0.2, 0.25) is 0 Å². The van der Waals surface area contributed by atoms with Gasteiger partial charge in [-0.15, -0.1) is 0 Å². The molecule has 0 radical (unpaired) electrons. The molecule has 8 heteroatoms. The van der Waals surface area contributed by atoms with Crippen molar-refractivity contribution in [2.24, 2.45) is 4.99 Å². The molecule has 2 N–H and O–H groups in total.